The maximum absolute atomic E-state index is 6.89. The molecule has 2 saturated heterocycles. The zero-order valence-corrected chi connectivity index (χ0v) is 20.7. The first-order chi connectivity index (χ1) is 13.5. The first-order valence-corrected chi connectivity index (χ1v) is 14.6. The van der Waals surface area contributed by atoms with Crippen LogP contribution in [0.1, 0.15) is 72.6 Å². The highest BCUT2D eigenvalue weighted by Crippen LogP contribution is 2.60. The average Bonchev–Trinajstić information content (AvgIpc) is 3.47. The predicted molar refractivity (Wildman–Crippen MR) is 119 cm³/mol. The summed E-state index contributed by atoms with van der Waals surface area (Å²) in [6.45, 7) is 14.8. The summed E-state index contributed by atoms with van der Waals surface area (Å²) in [5.41, 5.74) is 1.41. The molecule has 4 nitrogen and oxygen atoms in total. The predicted octanol–water partition coefficient (Wildman–Crippen LogP) is 5.62. The Kier molecular flexibility index (Phi) is 5.65. The number of allylic oxidation sites excluding steroid dienone is 1. The Balaban J connectivity index is 1.51. The van der Waals surface area contributed by atoms with E-state index in [-0.39, 0.29) is 40.5 Å². The van der Waals surface area contributed by atoms with Gasteiger partial charge in [-0.25, -0.2) is 0 Å². The Labute approximate surface area is 178 Å². The zero-order valence-electron chi connectivity index (χ0n) is 19.7. The fourth-order valence-electron chi connectivity index (χ4n) is 5.59. The van der Waals surface area contributed by atoms with Crippen molar-refractivity contribution in [3.8, 4) is 0 Å². The van der Waals surface area contributed by atoms with Crippen LogP contribution in [-0.2, 0) is 18.6 Å². The lowest BCUT2D eigenvalue weighted by atomic mass is 9.68. The molecule has 4 rings (SSSR count). The lowest BCUT2D eigenvalue weighted by Gasteiger charge is -2.47. The molecule has 5 heteroatoms. The Morgan fingerprint density at radius 1 is 1.21 bits per heavy atom. The van der Waals surface area contributed by atoms with E-state index in [2.05, 4.69) is 46.9 Å². The molecule has 0 bridgehead atoms. The highest BCUT2D eigenvalue weighted by molar-refractivity contribution is 6.74. The standard InChI is InChI=1S/C24H42O4Si/c1-22(2,3)29(6,7)28-18-14-15-24(16-26-24)21(20(18)25-5)23(4)19(27-23)13-12-17-10-8-9-11-17/h12,18-21H,8-11,13-16H2,1-7H3/t18-,19-,20-,21-,23?,24+/m1/s1. The van der Waals surface area contributed by atoms with E-state index in [0.29, 0.717) is 0 Å². The van der Waals surface area contributed by atoms with Gasteiger partial charge in [-0.1, -0.05) is 32.4 Å². The molecule has 4 fully saturated rings. The molecule has 2 heterocycles. The fraction of sp³-hybridized carbons (Fsp3) is 0.917. The van der Waals surface area contributed by atoms with Crippen LogP contribution in [-0.4, -0.2) is 51.5 Å². The SMILES string of the molecule is CO[C@H]1[C@H](C2(C)O[C@@H]2CC=C2CCCC2)[C@]2(CC[C@H]1O[Si](C)(C)C(C)(C)C)CO2. The van der Waals surface area contributed by atoms with Gasteiger partial charge in [-0.15, -0.1) is 0 Å². The Bertz CT molecular complexity index is 640. The van der Waals surface area contributed by atoms with Crippen molar-refractivity contribution < 1.29 is 18.6 Å². The van der Waals surface area contributed by atoms with E-state index in [1.54, 1.807) is 5.57 Å². The summed E-state index contributed by atoms with van der Waals surface area (Å²) in [5, 5.41) is 0.196. The number of ether oxygens (including phenoxy) is 3. The monoisotopic (exact) mass is 422 g/mol. The van der Waals surface area contributed by atoms with Crippen molar-refractivity contribution in [3.05, 3.63) is 11.6 Å². The summed E-state index contributed by atoms with van der Waals surface area (Å²) in [5.74, 6) is 0.246. The van der Waals surface area contributed by atoms with E-state index < -0.39 is 8.32 Å². The highest BCUT2D eigenvalue weighted by Gasteiger charge is 2.72. The van der Waals surface area contributed by atoms with Gasteiger partial charge in [0.05, 0.1) is 36.4 Å². The van der Waals surface area contributed by atoms with Crippen LogP contribution in [0.2, 0.25) is 18.1 Å². The third kappa shape index (κ3) is 4.02. The number of epoxide rings is 2. The van der Waals surface area contributed by atoms with Gasteiger partial charge in [0.15, 0.2) is 8.32 Å². The van der Waals surface area contributed by atoms with E-state index in [1.165, 1.54) is 25.7 Å². The van der Waals surface area contributed by atoms with Crippen molar-refractivity contribution in [2.45, 2.75) is 120 Å². The van der Waals surface area contributed by atoms with Crippen molar-refractivity contribution in [2.24, 2.45) is 5.92 Å². The molecule has 166 valence electrons. The third-order valence-electron chi connectivity index (χ3n) is 8.62. The molecule has 0 radical (unpaired) electrons. The van der Waals surface area contributed by atoms with Crippen molar-refractivity contribution in [2.75, 3.05) is 13.7 Å². The first kappa shape index (κ1) is 22.0. The smallest absolute Gasteiger partial charge is 0.192 e. The molecule has 0 amide bonds. The van der Waals surface area contributed by atoms with Crippen LogP contribution in [0.15, 0.2) is 11.6 Å². The van der Waals surface area contributed by atoms with Crippen LogP contribution in [0.5, 0.6) is 0 Å². The molecule has 29 heavy (non-hydrogen) atoms. The molecule has 6 atom stereocenters. The second-order valence-electron chi connectivity index (χ2n) is 11.6. The molecule has 1 unspecified atom stereocenters. The second-order valence-corrected chi connectivity index (χ2v) is 16.3. The number of hydrogen-bond donors (Lipinski definition) is 0. The van der Waals surface area contributed by atoms with Crippen molar-refractivity contribution in [1.29, 1.82) is 0 Å². The molecule has 2 saturated carbocycles. The van der Waals surface area contributed by atoms with Gasteiger partial charge in [0.1, 0.15) is 5.60 Å². The highest BCUT2D eigenvalue weighted by atomic mass is 28.4. The van der Waals surface area contributed by atoms with Gasteiger partial charge in [-0.05, 0) is 70.0 Å². The van der Waals surface area contributed by atoms with Gasteiger partial charge in [0.2, 0.25) is 0 Å². The van der Waals surface area contributed by atoms with Crippen molar-refractivity contribution >= 4 is 8.32 Å². The van der Waals surface area contributed by atoms with Crippen molar-refractivity contribution in [1.82, 2.24) is 0 Å². The summed E-state index contributed by atoms with van der Waals surface area (Å²) in [7, 11) is -0.0162. The number of hydrogen-bond acceptors (Lipinski definition) is 4. The van der Waals surface area contributed by atoms with E-state index in [9.17, 15) is 0 Å². The normalized spacial score (nSPS) is 42.4. The molecule has 0 aromatic heterocycles. The molecular weight excluding hydrogens is 380 g/mol. The molecule has 0 aromatic rings. The van der Waals surface area contributed by atoms with Gasteiger partial charge >= 0.3 is 0 Å². The second kappa shape index (κ2) is 7.44. The maximum Gasteiger partial charge on any atom is 0.192 e. The quantitative estimate of drug-likeness (QED) is 0.317. The lowest BCUT2D eigenvalue weighted by Crippen LogP contribution is -2.58. The maximum atomic E-state index is 6.89. The molecule has 4 aliphatic rings. The zero-order chi connectivity index (χ0) is 21.1. The Morgan fingerprint density at radius 3 is 2.41 bits per heavy atom. The summed E-state index contributed by atoms with van der Waals surface area (Å²) in [4.78, 5) is 0. The third-order valence-corrected chi connectivity index (χ3v) is 13.1. The molecule has 0 aromatic carbocycles. The van der Waals surface area contributed by atoms with Gasteiger partial charge in [-0.3, -0.25) is 0 Å². The van der Waals surface area contributed by atoms with E-state index in [4.69, 9.17) is 18.6 Å². The lowest BCUT2D eigenvalue weighted by molar-refractivity contribution is -0.111. The topological polar surface area (TPSA) is 43.5 Å². The van der Waals surface area contributed by atoms with Crippen molar-refractivity contribution in [3.63, 3.8) is 0 Å². The molecular formula is C24H42O4Si. The average molecular weight is 423 g/mol. The van der Waals surface area contributed by atoms with Crippen LogP contribution in [0, 0.1) is 5.92 Å². The minimum absolute atomic E-state index is 0.0366. The summed E-state index contributed by atoms with van der Waals surface area (Å²) in [6, 6.07) is 0. The van der Waals surface area contributed by atoms with Crippen LogP contribution >= 0.6 is 0 Å². The van der Waals surface area contributed by atoms with Crippen LogP contribution < -0.4 is 0 Å². The van der Waals surface area contributed by atoms with Crippen LogP contribution in [0.25, 0.3) is 0 Å². The van der Waals surface area contributed by atoms with E-state index >= 15 is 0 Å². The van der Waals surface area contributed by atoms with Gasteiger partial charge in [0, 0.05) is 7.11 Å². The summed E-state index contributed by atoms with van der Waals surface area (Å²) < 4.78 is 25.6. The molecule has 2 aliphatic heterocycles. The van der Waals surface area contributed by atoms with Crippen LogP contribution in [0.3, 0.4) is 0 Å². The number of methoxy groups -OCH3 is 1. The molecule has 0 N–H and O–H groups in total. The Morgan fingerprint density at radius 2 is 1.86 bits per heavy atom. The summed E-state index contributed by atoms with van der Waals surface area (Å²) in [6.07, 6.45) is 11.3. The minimum Gasteiger partial charge on any atom is -0.411 e. The largest absolute Gasteiger partial charge is 0.411 e. The van der Waals surface area contributed by atoms with Gasteiger partial charge in [0.25, 0.3) is 0 Å². The molecule has 2 aliphatic carbocycles. The fourth-order valence-corrected chi connectivity index (χ4v) is 6.95. The van der Waals surface area contributed by atoms with Crippen LogP contribution in [0.4, 0.5) is 0 Å². The molecule has 1 spiro atoms. The number of rotatable bonds is 6. The minimum atomic E-state index is -1.87. The van der Waals surface area contributed by atoms with Gasteiger partial charge in [-0.2, -0.15) is 0 Å². The first-order valence-electron chi connectivity index (χ1n) is 11.7. The summed E-state index contributed by atoms with van der Waals surface area (Å²) >= 11 is 0. The Hall–Kier alpha value is -0.203. The van der Waals surface area contributed by atoms with E-state index in [0.717, 1.165) is 25.9 Å². The van der Waals surface area contributed by atoms with Gasteiger partial charge < -0.3 is 18.6 Å². The van der Waals surface area contributed by atoms with E-state index in [1.807, 2.05) is 7.11 Å².